The Labute approximate surface area is 127 Å². The topological polar surface area (TPSA) is 88.1 Å². The fraction of sp³-hybridized carbons (Fsp3) is 0.267. The molecule has 0 spiro atoms. The van der Waals surface area contributed by atoms with E-state index in [2.05, 4.69) is 15.0 Å². The van der Waals surface area contributed by atoms with Gasteiger partial charge in [-0.05, 0) is 5.56 Å². The highest BCUT2D eigenvalue weighted by atomic mass is 16.5. The summed E-state index contributed by atoms with van der Waals surface area (Å²) in [6, 6.07) is 10.1. The largest absolute Gasteiger partial charge is 0.474 e. The molecule has 0 aliphatic heterocycles. The molecule has 0 unspecified atom stereocenters. The van der Waals surface area contributed by atoms with Crippen LogP contribution in [-0.4, -0.2) is 39.8 Å². The van der Waals surface area contributed by atoms with E-state index in [4.69, 9.17) is 15.2 Å². The van der Waals surface area contributed by atoms with E-state index in [9.17, 15) is 0 Å². The van der Waals surface area contributed by atoms with Crippen LogP contribution in [0.15, 0.2) is 36.7 Å². The second-order valence-corrected chi connectivity index (χ2v) is 4.76. The SMILES string of the molecule is COCCOc1nc(N)nc2c1ncn2Cc1ccccc1. The van der Waals surface area contributed by atoms with E-state index in [0.717, 1.165) is 5.56 Å². The molecule has 0 atom stereocenters. The van der Waals surface area contributed by atoms with Crippen molar-refractivity contribution in [2.24, 2.45) is 0 Å². The van der Waals surface area contributed by atoms with Crippen molar-refractivity contribution in [1.29, 1.82) is 0 Å². The Kier molecular flexibility index (Phi) is 4.15. The number of benzene rings is 1. The molecule has 3 aromatic rings. The summed E-state index contributed by atoms with van der Waals surface area (Å²) in [4.78, 5) is 12.7. The van der Waals surface area contributed by atoms with Crippen LogP contribution in [0, 0.1) is 0 Å². The molecule has 0 amide bonds. The predicted octanol–water partition coefficient (Wildman–Crippen LogP) is 1.48. The standard InChI is InChI=1S/C15H17N5O2/c1-21-7-8-22-14-12-13(18-15(16)19-14)20(10-17-12)9-11-5-3-2-4-6-11/h2-6,10H,7-9H2,1H3,(H2,16,18,19). The maximum absolute atomic E-state index is 5.78. The average Bonchev–Trinajstić information content (AvgIpc) is 2.91. The van der Waals surface area contributed by atoms with E-state index in [0.29, 0.717) is 36.8 Å². The first-order valence-corrected chi connectivity index (χ1v) is 6.92. The van der Waals surface area contributed by atoms with Crippen LogP contribution in [0.3, 0.4) is 0 Å². The summed E-state index contributed by atoms with van der Waals surface area (Å²) < 4.78 is 12.5. The highest BCUT2D eigenvalue weighted by Crippen LogP contribution is 2.22. The van der Waals surface area contributed by atoms with Crippen molar-refractivity contribution in [2.45, 2.75) is 6.54 Å². The van der Waals surface area contributed by atoms with Gasteiger partial charge in [0, 0.05) is 7.11 Å². The third kappa shape index (κ3) is 2.99. The third-order valence-electron chi connectivity index (χ3n) is 3.17. The second-order valence-electron chi connectivity index (χ2n) is 4.76. The van der Waals surface area contributed by atoms with Gasteiger partial charge in [-0.2, -0.15) is 9.97 Å². The van der Waals surface area contributed by atoms with Gasteiger partial charge in [0.15, 0.2) is 11.2 Å². The van der Waals surface area contributed by atoms with Crippen LogP contribution in [0.1, 0.15) is 5.56 Å². The van der Waals surface area contributed by atoms with Crippen molar-refractivity contribution < 1.29 is 9.47 Å². The lowest BCUT2D eigenvalue weighted by atomic mass is 10.2. The van der Waals surface area contributed by atoms with Gasteiger partial charge in [0.05, 0.1) is 19.5 Å². The van der Waals surface area contributed by atoms with Crippen molar-refractivity contribution in [3.05, 3.63) is 42.2 Å². The highest BCUT2D eigenvalue weighted by molar-refractivity contribution is 5.77. The number of aromatic nitrogens is 4. The molecule has 3 rings (SSSR count). The Hall–Kier alpha value is -2.67. The lowest BCUT2D eigenvalue weighted by Gasteiger charge is -2.07. The van der Waals surface area contributed by atoms with Crippen molar-refractivity contribution >= 4 is 17.1 Å². The average molecular weight is 299 g/mol. The third-order valence-corrected chi connectivity index (χ3v) is 3.17. The molecule has 2 heterocycles. The van der Waals surface area contributed by atoms with E-state index < -0.39 is 0 Å². The first kappa shape index (κ1) is 14.3. The summed E-state index contributed by atoms with van der Waals surface area (Å²) in [5.74, 6) is 0.543. The molecule has 0 fully saturated rings. The zero-order chi connectivity index (χ0) is 15.4. The minimum absolute atomic E-state index is 0.162. The van der Waals surface area contributed by atoms with Gasteiger partial charge in [0.25, 0.3) is 0 Å². The summed E-state index contributed by atoms with van der Waals surface area (Å²) in [6.45, 7) is 1.51. The highest BCUT2D eigenvalue weighted by Gasteiger charge is 2.13. The molecule has 0 saturated carbocycles. The van der Waals surface area contributed by atoms with Gasteiger partial charge in [-0.15, -0.1) is 0 Å². The molecule has 114 valence electrons. The van der Waals surface area contributed by atoms with Gasteiger partial charge in [0.2, 0.25) is 11.8 Å². The zero-order valence-electron chi connectivity index (χ0n) is 12.3. The summed E-state index contributed by atoms with van der Waals surface area (Å²) in [5, 5.41) is 0. The van der Waals surface area contributed by atoms with Gasteiger partial charge in [-0.1, -0.05) is 30.3 Å². The monoisotopic (exact) mass is 299 g/mol. The van der Waals surface area contributed by atoms with Crippen LogP contribution < -0.4 is 10.5 Å². The lowest BCUT2D eigenvalue weighted by molar-refractivity contribution is 0.144. The molecule has 1 aromatic carbocycles. The maximum Gasteiger partial charge on any atom is 0.247 e. The Morgan fingerprint density at radius 3 is 2.73 bits per heavy atom. The maximum atomic E-state index is 5.78. The summed E-state index contributed by atoms with van der Waals surface area (Å²) >= 11 is 0. The van der Waals surface area contributed by atoms with Crippen LogP contribution in [0.5, 0.6) is 5.88 Å². The number of hydrogen-bond donors (Lipinski definition) is 1. The fourth-order valence-electron chi connectivity index (χ4n) is 2.15. The predicted molar refractivity (Wildman–Crippen MR) is 82.7 cm³/mol. The van der Waals surface area contributed by atoms with Crippen molar-refractivity contribution in [3.63, 3.8) is 0 Å². The Bertz CT molecular complexity index is 757. The van der Waals surface area contributed by atoms with E-state index in [1.807, 2.05) is 34.9 Å². The summed E-state index contributed by atoms with van der Waals surface area (Å²) in [5.41, 5.74) is 8.18. The van der Waals surface area contributed by atoms with Crippen LogP contribution in [0.4, 0.5) is 5.95 Å². The number of ether oxygens (including phenoxy) is 2. The first-order chi connectivity index (χ1) is 10.8. The lowest BCUT2D eigenvalue weighted by Crippen LogP contribution is -2.08. The Morgan fingerprint density at radius 2 is 1.95 bits per heavy atom. The van der Waals surface area contributed by atoms with Gasteiger partial charge in [0.1, 0.15) is 6.61 Å². The summed E-state index contributed by atoms with van der Waals surface area (Å²) in [6.07, 6.45) is 1.72. The number of nitrogens with two attached hydrogens (primary N) is 1. The number of rotatable bonds is 6. The Balaban J connectivity index is 1.93. The quantitative estimate of drug-likeness (QED) is 0.694. The molecule has 7 heteroatoms. The number of fused-ring (bicyclic) bond motifs is 1. The van der Waals surface area contributed by atoms with E-state index in [-0.39, 0.29) is 5.95 Å². The Morgan fingerprint density at radius 1 is 1.14 bits per heavy atom. The van der Waals surface area contributed by atoms with Crippen LogP contribution >= 0.6 is 0 Å². The van der Waals surface area contributed by atoms with Crippen molar-refractivity contribution in [3.8, 4) is 5.88 Å². The molecular formula is C15H17N5O2. The number of anilines is 1. The minimum atomic E-state index is 0.162. The second kappa shape index (κ2) is 6.40. The number of hydrogen-bond acceptors (Lipinski definition) is 6. The number of imidazole rings is 1. The molecule has 0 saturated heterocycles. The van der Waals surface area contributed by atoms with Gasteiger partial charge < -0.3 is 19.8 Å². The van der Waals surface area contributed by atoms with E-state index in [1.165, 1.54) is 0 Å². The zero-order valence-corrected chi connectivity index (χ0v) is 12.3. The number of nitrogen functional groups attached to an aromatic ring is 1. The summed E-state index contributed by atoms with van der Waals surface area (Å²) in [7, 11) is 1.61. The molecule has 0 radical (unpaired) electrons. The molecule has 2 aromatic heterocycles. The van der Waals surface area contributed by atoms with Gasteiger partial charge in [-0.3, -0.25) is 0 Å². The molecule has 7 nitrogen and oxygen atoms in total. The van der Waals surface area contributed by atoms with Crippen LogP contribution in [0.25, 0.3) is 11.2 Å². The first-order valence-electron chi connectivity index (χ1n) is 6.92. The van der Waals surface area contributed by atoms with Crippen molar-refractivity contribution in [1.82, 2.24) is 19.5 Å². The molecule has 0 bridgehead atoms. The molecule has 0 aliphatic rings. The minimum Gasteiger partial charge on any atom is -0.474 e. The van der Waals surface area contributed by atoms with E-state index in [1.54, 1.807) is 13.4 Å². The fourth-order valence-corrected chi connectivity index (χ4v) is 2.15. The molecule has 0 aliphatic carbocycles. The molecule has 2 N–H and O–H groups in total. The van der Waals surface area contributed by atoms with Crippen LogP contribution in [0.2, 0.25) is 0 Å². The smallest absolute Gasteiger partial charge is 0.247 e. The van der Waals surface area contributed by atoms with E-state index >= 15 is 0 Å². The van der Waals surface area contributed by atoms with Gasteiger partial charge in [-0.25, -0.2) is 4.98 Å². The van der Waals surface area contributed by atoms with Gasteiger partial charge >= 0.3 is 0 Å². The van der Waals surface area contributed by atoms with Crippen molar-refractivity contribution in [2.75, 3.05) is 26.1 Å². The number of nitrogens with zero attached hydrogens (tertiary/aromatic N) is 4. The number of methoxy groups -OCH3 is 1. The molecule has 22 heavy (non-hydrogen) atoms. The van der Waals surface area contributed by atoms with Crippen LogP contribution in [-0.2, 0) is 11.3 Å². The normalized spacial score (nSPS) is 11.0. The molecular weight excluding hydrogens is 282 g/mol.